The van der Waals surface area contributed by atoms with Crippen molar-refractivity contribution in [3.05, 3.63) is 12.2 Å². The van der Waals surface area contributed by atoms with E-state index in [0.717, 1.165) is 4.90 Å². The van der Waals surface area contributed by atoms with Gasteiger partial charge in [-0.3, -0.25) is 4.90 Å². The fraction of sp³-hybridized carbons (Fsp3) is 0.750. The highest BCUT2D eigenvalue weighted by molar-refractivity contribution is 6.19. The molecule has 6 heteroatoms. The molecular weight excluding hydrogens is 219 g/mol. The van der Waals surface area contributed by atoms with Crippen molar-refractivity contribution in [1.29, 1.82) is 0 Å². The van der Waals surface area contributed by atoms with E-state index in [1.54, 1.807) is 0 Å². The largest absolute Gasteiger partial charge is 0.401 e. The summed E-state index contributed by atoms with van der Waals surface area (Å²) in [7, 11) is 0. The van der Waals surface area contributed by atoms with Crippen molar-refractivity contribution >= 4 is 11.6 Å². The first kappa shape index (κ1) is 13.7. The average Bonchev–Trinajstić information content (AvgIpc) is 2.01. The van der Waals surface area contributed by atoms with Crippen LogP contribution in [0, 0.1) is 0 Å². The monoisotopic (exact) mass is 231 g/mol. The highest BCUT2D eigenvalue weighted by Gasteiger charge is 2.30. The Balaban J connectivity index is 4.08. The van der Waals surface area contributed by atoms with Crippen LogP contribution in [0.3, 0.4) is 0 Å². The van der Waals surface area contributed by atoms with Crippen LogP contribution in [0.15, 0.2) is 12.2 Å². The van der Waals surface area contributed by atoms with Gasteiger partial charge in [-0.2, -0.15) is 13.2 Å². The number of aliphatic hydroxyl groups is 1. The summed E-state index contributed by atoms with van der Waals surface area (Å²) >= 11 is 5.40. The highest BCUT2D eigenvalue weighted by atomic mass is 35.5. The summed E-state index contributed by atoms with van der Waals surface area (Å²) < 4.78 is 36.0. The lowest BCUT2D eigenvalue weighted by molar-refractivity contribution is -0.145. The van der Waals surface area contributed by atoms with E-state index in [0.29, 0.717) is 5.57 Å². The van der Waals surface area contributed by atoms with Gasteiger partial charge in [0, 0.05) is 19.0 Å². The van der Waals surface area contributed by atoms with Crippen molar-refractivity contribution < 1.29 is 18.3 Å². The number of aliphatic hydroxyl groups excluding tert-OH is 1. The van der Waals surface area contributed by atoms with Gasteiger partial charge in [0.05, 0.1) is 13.2 Å². The van der Waals surface area contributed by atoms with Gasteiger partial charge in [0.15, 0.2) is 0 Å². The summed E-state index contributed by atoms with van der Waals surface area (Å²) in [5.74, 6) is 0.125. The number of alkyl halides is 4. The molecule has 2 nitrogen and oxygen atoms in total. The van der Waals surface area contributed by atoms with Crippen molar-refractivity contribution in [1.82, 2.24) is 4.90 Å². The van der Waals surface area contributed by atoms with Crippen molar-refractivity contribution in [2.75, 3.05) is 32.1 Å². The van der Waals surface area contributed by atoms with Gasteiger partial charge in [-0.1, -0.05) is 6.58 Å². The standard InChI is InChI=1S/C8H13ClF3NO/c1-7(4-9)5-13(2-3-14)6-8(10,11)12/h14H,1-6H2. The predicted molar refractivity (Wildman–Crippen MR) is 49.4 cm³/mol. The van der Waals surface area contributed by atoms with Gasteiger partial charge in [-0.25, -0.2) is 0 Å². The maximum Gasteiger partial charge on any atom is 0.401 e. The zero-order chi connectivity index (χ0) is 11.2. The van der Waals surface area contributed by atoms with Crippen molar-refractivity contribution in [2.24, 2.45) is 0 Å². The molecule has 0 saturated carbocycles. The molecule has 0 fully saturated rings. The molecule has 14 heavy (non-hydrogen) atoms. The van der Waals surface area contributed by atoms with E-state index in [1.165, 1.54) is 0 Å². The van der Waals surface area contributed by atoms with Crippen LogP contribution in [-0.4, -0.2) is 48.3 Å². The first-order valence-corrected chi connectivity index (χ1v) is 4.55. The second-order valence-corrected chi connectivity index (χ2v) is 3.20. The molecule has 0 atom stereocenters. The third-order valence-corrected chi connectivity index (χ3v) is 1.83. The molecule has 0 spiro atoms. The van der Waals surface area contributed by atoms with Crippen LogP contribution in [0.1, 0.15) is 0 Å². The van der Waals surface area contributed by atoms with E-state index in [-0.39, 0.29) is 25.6 Å². The van der Waals surface area contributed by atoms with Crippen LogP contribution in [-0.2, 0) is 0 Å². The highest BCUT2D eigenvalue weighted by Crippen LogP contribution is 2.16. The predicted octanol–water partition coefficient (Wildman–Crippen LogP) is 1.64. The van der Waals surface area contributed by atoms with Crippen LogP contribution in [0.2, 0.25) is 0 Å². The van der Waals surface area contributed by atoms with Crippen molar-refractivity contribution in [2.45, 2.75) is 6.18 Å². The summed E-state index contributed by atoms with van der Waals surface area (Å²) in [6, 6.07) is 0. The molecule has 0 aromatic heterocycles. The van der Waals surface area contributed by atoms with Crippen molar-refractivity contribution in [3.63, 3.8) is 0 Å². The van der Waals surface area contributed by atoms with Crippen LogP contribution >= 0.6 is 11.6 Å². The third kappa shape index (κ3) is 7.17. The first-order valence-electron chi connectivity index (χ1n) is 4.01. The van der Waals surface area contributed by atoms with Crippen LogP contribution in [0.5, 0.6) is 0 Å². The molecule has 0 aliphatic carbocycles. The Morgan fingerprint density at radius 2 is 2.00 bits per heavy atom. The molecule has 0 aromatic carbocycles. The average molecular weight is 232 g/mol. The molecule has 0 aliphatic heterocycles. The summed E-state index contributed by atoms with van der Waals surface area (Å²) in [6.07, 6.45) is -4.26. The topological polar surface area (TPSA) is 23.5 Å². The van der Waals surface area contributed by atoms with Gasteiger partial charge in [0.25, 0.3) is 0 Å². The van der Waals surface area contributed by atoms with Gasteiger partial charge in [-0.15, -0.1) is 11.6 Å². The summed E-state index contributed by atoms with van der Waals surface area (Å²) in [5, 5.41) is 8.55. The van der Waals surface area contributed by atoms with Gasteiger partial charge in [0.1, 0.15) is 0 Å². The van der Waals surface area contributed by atoms with Crippen molar-refractivity contribution in [3.8, 4) is 0 Å². The zero-order valence-electron chi connectivity index (χ0n) is 7.65. The number of hydrogen-bond acceptors (Lipinski definition) is 2. The van der Waals surface area contributed by atoms with E-state index < -0.39 is 12.7 Å². The minimum Gasteiger partial charge on any atom is -0.395 e. The van der Waals surface area contributed by atoms with E-state index in [9.17, 15) is 13.2 Å². The molecular formula is C8H13ClF3NO. The summed E-state index contributed by atoms with van der Waals surface area (Å²) in [6.45, 7) is 2.16. The van der Waals surface area contributed by atoms with E-state index >= 15 is 0 Å². The lowest BCUT2D eigenvalue weighted by Gasteiger charge is -2.22. The molecule has 0 radical (unpaired) electrons. The lowest BCUT2D eigenvalue weighted by atomic mass is 10.3. The summed E-state index contributed by atoms with van der Waals surface area (Å²) in [4.78, 5) is 1.06. The Morgan fingerprint density at radius 3 is 2.36 bits per heavy atom. The molecule has 0 unspecified atom stereocenters. The number of hydrogen-bond donors (Lipinski definition) is 1. The molecule has 1 N–H and O–H groups in total. The fourth-order valence-corrected chi connectivity index (χ4v) is 1.05. The smallest absolute Gasteiger partial charge is 0.395 e. The number of nitrogens with zero attached hydrogens (tertiary/aromatic N) is 1. The Labute approximate surface area is 86.0 Å². The molecule has 0 saturated heterocycles. The fourth-order valence-electron chi connectivity index (χ4n) is 0.967. The molecule has 0 aliphatic rings. The SMILES string of the molecule is C=C(CCl)CN(CCO)CC(F)(F)F. The summed E-state index contributed by atoms with van der Waals surface area (Å²) in [5.41, 5.74) is 0.504. The van der Waals surface area contributed by atoms with Gasteiger partial charge >= 0.3 is 6.18 Å². The van der Waals surface area contributed by atoms with Crippen LogP contribution < -0.4 is 0 Å². The second kappa shape index (κ2) is 6.27. The van der Waals surface area contributed by atoms with Gasteiger partial charge < -0.3 is 5.11 Å². The Hall–Kier alpha value is -0.260. The number of halogens is 4. The quantitative estimate of drug-likeness (QED) is 0.555. The Kier molecular flexibility index (Phi) is 6.15. The second-order valence-electron chi connectivity index (χ2n) is 2.93. The minimum absolute atomic E-state index is 0.0323. The molecule has 0 aromatic rings. The molecule has 0 heterocycles. The van der Waals surface area contributed by atoms with Gasteiger partial charge in [-0.05, 0) is 5.57 Å². The minimum atomic E-state index is -4.26. The first-order chi connectivity index (χ1) is 6.39. The van der Waals surface area contributed by atoms with Crippen LogP contribution in [0.4, 0.5) is 13.2 Å². The van der Waals surface area contributed by atoms with E-state index in [4.69, 9.17) is 16.7 Å². The normalized spacial score (nSPS) is 12.1. The molecule has 0 rings (SSSR count). The molecule has 84 valence electrons. The molecule has 0 amide bonds. The lowest BCUT2D eigenvalue weighted by Crippen LogP contribution is -2.37. The zero-order valence-corrected chi connectivity index (χ0v) is 8.40. The maximum absolute atomic E-state index is 12.0. The third-order valence-electron chi connectivity index (χ3n) is 1.46. The maximum atomic E-state index is 12.0. The van der Waals surface area contributed by atoms with E-state index in [2.05, 4.69) is 6.58 Å². The Bertz CT molecular complexity index is 184. The van der Waals surface area contributed by atoms with Crippen LogP contribution in [0.25, 0.3) is 0 Å². The van der Waals surface area contributed by atoms with Gasteiger partial charge in [0.2, 0.25) is 0 Å². The Morgan fingerprint density at radius 1 is 1.43 bits per heavy atom. The molecule has 0 bridgehead atoms. The number of rotatable bonds is 6. The van der Waals surface area contributed by atoms with E-state index in [1.807, 2.05) is 0 Å².